The molecule has 0 unspecified atom stereocenters. The number of rotatable bonds is 3. The first-order chi connectivity index (χ1) is 9.47. The molecule has 1 aromatic carbocycles. The van der Waals surface area contributed by atoms with Crippen LogP contribution in [0.15, 0.2) is 41.1 Å². The zero-order valence-corrected chi connectivity index (χ0v) is 11.5. The second kappa shape index (κ2) is 5.79. The van der Waals surface area contributed by atoms with Crippen molar-refractivity contribution in [3.8, 4) is 0 Å². The molecule has 2 N–H and O–H groups in total. The standard InChI is InChI=1S/C13H8BrFN2O3/c14-10-4-7(1-2-11(10)15)12(18)17-9-3-8(13(19)20)5-16-6-9/h1-6H,(H,17,18)(H,19,20). The zero-order valence-electron chi connectivity index (χ0n) is 9.93. The van der Waals surface area contributed by atoms with Crippen molar-refractivity contribution in [2.75, 3.05) is 5.32 Å². The Kier molecular flexibility index (Phi) is 4.09. The maximum atomic E-state index is 13.1. The van der Waals surface area contributed by atoms with E-state index in [0.29, 0.717) is 0 Å². The molecule has 0 saturated heterocycles. The summed E-state index contributed by atoms with van der Waals surface area (Å²) in [6.45, 7) is 0. The zero-order chi connectivity index (χ0) is 14.7. The largest absolute Gasteiger partial charge is 0.478 e. The van der Waals surface area contributed by atoms with Gasteiger partial charge in [-0.15, -0.1) is 0 Å². The molecule has 0 aliphatic heterocycles. The molecule has 1 amide bonds. The van der Waals surface area contributed by atoms with Gasteiger partial charge < -0.3 is 10.4 Å². The Morgan fingerprint density at radius 1 is 1.20 bits per heavy atom. The van der Waals surface area contributed by atoms with Crippen molar-refractivity contribution in [3.05, 3.63) is 58.1 Å². The van der Waals surface area contributed by atoms with Gasteiger partial charge in [-0.3, -0.25) is 9.78 Å². The lowest BCUT2D eigenvalue weighted by atomic mass is 10.2. The monoisotopic (exact) mass is 338 g/mol. The van der Waals surface area contributed by atoms with Crippen molar-refractivity contribution in [1.82, 2.24) is 4.98 Å². The van der Waals surface area contributed by atoms with Gasteiger partial charge in [0.2, 0.25) is 0 Å². The highest BCUT2D eigenvalue weighted by Gasteiger charge is 2.10. The molecule has 5 nitrogen and oxygen atoms in total. The third-order valence-electron chi connectivity index (χ3n) is 2.42. The Balaban J connectivity index is 2.21. The SMILES string of the molecule is O=C(O)c1cncc(NC(=O)c2ccc(F)c(Br)c2)c1. The lowest BCUT2D eigenvalue weighted by Crippen LogP contribution is -2.13. The number of hydrogen-bond donors (Lipinski definition) is 2. The summed E-state index contributed by atoms with van der Waals surface area (Å²) in [5, 5.41) is 11.3. The van der Waals surface area contributed by atoms with E-state index in [-0.39, 0.29) is 21.3 Å². The number of nitrogens with zero attached hydrogens (tertiary/aromatic N) is 1. The van der Waals surface area contributed by atoms with Crippen LogP contribution in [-0.4, -0.2) is 22.0 Å². The number of pyridine rings is 1. The van der Waals surface area contributed by atoms with Crippen LogP contribution in [0.5, 0.6) is 0 Å². The van der Waals surface area contributed by atoms with Crippen molar-refractivity contribution in [3.63, 3.8) is 0 Å². The number of amides is 1. The van der Waals surface area contributed by atoms with Crippen molar-refractivity contribution in [1.29, 1.82) is 0 Å². The molecular weight excluding hydrogens is 331 g/mol. The van der Waals surface area contributed by atoms with Gasteiger partial charge in [0, 0.05) is 11.8 Å². The Hall–Kier alpha value is -2.28. The molecule has 0 atom stereocenters. The quantitative estimate of drug-likeness (QED) is 0.901. The number of halogens is 2. The maximum absolute atomic E-state index is 13.1. The molecule has 0 bridgehead atoms. The van der Waals surface area contributed by atoms with E-state index in [1.807, 2.05) is 0 Å². The summed E-state index contributed by atoms with van der Waals surface area (Å²) in [4.78, 5) is 26.4. The summed E-state index contributed by atoms with van der Waals surface area (Å²) in [7, 11) is 0. The summed E-state index contributed by atoms with van der Waals surface area (Å²) in [5.41, 5.74) is 0.442. The summed E-state index contributed by atoms with van der Waals surface area (Å²) < 4.78 is 13.2. The second-order valence-electron chi connectivity index (χ2n) is 3.85. The van der Waals surface area contributed by atoms with Gasteiger partial charge in [-0.2, -0.15) is 0 Å². The fourth-order valence-corrected chi connectivity index (χ4v) is 1.84. The van der Waals surface area contributed by atoms with Gasteiger partial charge in [-0.1, -0.05) is 0 Å². The highest BCUT2D eigenvalue weighted by molar-refractivity contribution is 9.10. The molecule has 0 aliphatic carbocycles. The van der Waals surface area contributed by atoms with Gasteiger partial charge in [-0.25, -0.2) is 9.18 Å². The Bertz CT molecular complexity index is 691. The fraction of sp³-hybridized carbons (Fsp3) is 0. The number of benzene rings is 1. The molecule has 1 aromatic heterocycles. The summed E-state index contributed by atoms with van der Waals surface area (Å²) in [6.07, 6.45) is 2.50. The Morgan fingerprint density at radius 3 is 2.60 bits per heavy atom. The number of carboxylic acids is 1. The molecule has 1 heterocycles. The van der Waals surface area contributed by atoms with Crippen LogP contribution < -0.4 is 5.32 Å². The van der Waals surface area contributed by atoms with E-state index >= 15 is 0 Å². The van der Waals surface area contributed by atoms with Gasteiger partial charge in [-0.05, 0) is 40.2 Å². The highest BCUT2D eigenvalue weighted by atomic mass is 79.9. The van der Waals surface area contributed by atoms with E-state index in [1.54, 1.807) is 0 Å². The number of carboxylic acid groups (broad SMARTS) is 1. The number of aromatic nitrogens is 1. The van der Waals surface area contributed by atoms with E-state index in [4.69, 9.17) is 5.11 Å². The van der Waals surface area contributed by atoms with E-state index < -0.39 is 17.7 Å². The molecule has 0 aliphatic rings. The van der Waals surface area contributed by atoms with Crippen molar-refractivity contribution in [2.24, 2.45) is 0 Å². The van der Waals surface area contributed by atoms with E-state index in [9.17, 15) is 14.0 Å². The van der Waals surface area contributed by atoms with E-state index in [0.717, 1.165) is 6.07 Å². The molecule has 7 heteroatoms. The minimum absolute atomic E-state index is 0.0388. The predicted molar refractivity (Wildman–Crippen MR) is 73.2 cm³/mol. The van der Waals surface area contributed by atoms with Crippen LogP contribution in [0.4, 0.5) is 10.1 Å². The smallest absolute Gasteiger partial charge is 0.337 e. The van der Waals surface area contributed by atoms with E-state index in [2.05, 4.69) is 26.2 Å². The van der Waals surface area contributed by atoms with Gasteiger partial charge >= 0.3 is 5.97 Å². The molecule has 0 fully saturated rings. The molecule has 0 saturated carbocycles. The molecular formula is C13H8BrFN2O3. The van der Waals surface area contributed by atoms with Crippen LogP contribution in [0.1, 0.15) is 20.7 Å². The van der Waals surface area contributed by atoms with Crippen LogP contribution in [0, 0.1) is 5.82 Å². The normalized spacial score (nSPS) is 10.1. The summed E-state index contributed by atoms with van der Waals surface area (Å²) in [6, 6.07) is 5.10. The number of aromatic carboxylic acids is 1. The van der Waals surface area contributed by atoms with Crippen LogP contribution >= 0.6 is 15.9 Å². The lowest BCUT2D eigenvalue weighted by Gasteiger charge is -2.06. The first-order valence-electron chi connectivity index (χ1n) is 5.42. The molecule has 2 aromatic rings. The number of nitrogens with one attached hydrogen (secondary N) is 1. The van der Waals surface area contributed by atoms with Gasteiger partial charge in [0.15, 0.2) is 0 Å². The number of hydrogen-bond acceptors (Lipinski definition) is 3. The summed E-state index contributed by atoms with van der Waals surface area (Å²) >= 11 is 2.99. The maximum Gasteiger partial charge on any atom is 0.337 e. The molecule has 0 spiro atoms. The molecule has 2 rings (SSSR count). The lowest BCUT2D eigenvalue weighted by molar-refractivity contribution is 0.0696. The number of anilines is 1. The Labute approximate surface area is 121 Å². The van der Waals surface area contributed by atoms with Gasteiger partial charge in [0.25, 0.3) is 5.91 Å². The van der Waals surface area contributed by atoms with Crippen LogP contribution in [-0.2, 0) is 0 Å². The summed E-state index contributed by atoms with van der Waals surface area (Å²) in [5.74, 6) is -2.11. The van der Waals surface area contributed by atoms with Crippen LogP contribution in [0.3, 0.4) is 0 Å². The molecule has 20 heavy (non-hydrogen) atoms. The van der Waals surface area contributed by atoms with Crippen molar-refractivity contribution in [2.45, 2.75) is 0 Å². The first-order valence-corrected chi connectivity index (χ1v) is 6.21. The molecule has 0 radical (unpaired) electrons. The second-order valence-corrected chi connectivity index (χ2v) is 4.70. The predicted octanol–water partition coefficient (Wildman–Crippen LogP) is 2.93. The number of carbonyl (C=O) groups is 2. The van der Waals surface area contributed by atoms with Crippen LogP contribution in [0.25, 0.3) is 0 Å². The first kappa shape index (κ1) is 14.1. The minimum Gasteiger partial charge on any atom is -0.478 e. The average molecular weight is 339 g/mol. The highest BCUT2D eigenvalue weighted by Crippen LogP contribution is 2.18. The third kappa shape index (κ3) is 3.18. The van der Waals surface area contributed by atoms with Gasteiger partial charge in [0.05, 0.1) is 21.9 Å². The Morgan fingerprint density at radius 2 is 1.95 bits per heavy atom. The van der Waals surface area contributed by atoms with E-state index in [1.165, 1.54) is 30.6 Å². The van der Waals surface area contributed by atoms with Crippen molar-refractivity contribution < 1.29 is 19.1 Å². The number of carbonyl (C=O) groups excluding carboxylic acids is 1. The van der Waals surface area contributed by atoms with Crippen molar-refractivity contribution >= 4 is 33.5 Å². The van der Waals surface area contributed by atoms with Crippen LogP contribution in [0.2, 0.25) is 0 Å². The molecule has 102 valence electrons. The average Bonchev–Trinajstić information content (AvgIpc) is 2.42. The fourth-order valence-electron chi connectivity index (χ4n) is 1.47. The minimum atomic E-state index is -1.14. The van der Waals surface area contributed by atoms with Gasteiger partial charge in [0.1, 0.15) is 5.82 Å². The topological polar surface area (TPSA) is 79.3 Å². The third-order valence-corrected chi connectivity index (χ3v) is 3.03.